The lowest BCUT2D eigenvalue weighted by atomic mass is 9.89. The number of aliphatic hydroxyl groups is 5. The SMILES string of the molecule is COC(=O)C1=COC(O[C@@H]2O[C@H](CO)[C@@H](O)[C@H](O)[C@H]2O)C2C(CO)=CC=C12. The lowest BCUT2D eigenvalue weighted by Crippen LogP contribution is -2.60. The minimum Gasteiger partial charge on any atom is -0.471 e. The van der Waals surface area contributed by atoms with Crippen LogP contribution >= 0.6 is 0 Å². The Bertz CT molecular complexity index is 667. The molecular weight excluding hydrogens is 364 g/mol. The molecule has 10 nitrogen and oxygen atoms in total. The molecule has 0 spiro atoms. The molecule has 150 valence electrons. The highest BCUT2D eigenvalue weighted by Crippen LogP contribution is 2.41. The first-order chi connectivity index (χ1) is 12.9. The van der Waals surface area contributed by atoms with Crippen molar-refractivity contribution in [2.45, 2.75) is 37.0 Å². The number of fused-ring (bicyclic) bond motifs is 1. The van der Waals surface area contributed by atoms with Crippen molar-refractivity contribution in [2.75, 3.05) is 20.3 Å². The van der Waals surface area contributed by atoms with Crippen LogP contribution in [-0.4, -0.2) is 88.8 Å². The van der Waals surface area contributed by atoms with E-state index in [1.807, 2.05) is 0 Å². The summed E-state index contributed by atoms with van der Waals surface area (Å²) >= 11 is 0. The van der Waals surface area contributed by atoms with Crippen LogP contribution in [0, 0.1) is 5.92 Å². The predicted molar refractivity (Wildman–Crippen MR) is 86.6 cm³/mol. The van der Waals surface area contributed by atoms with Gasteiger partial charge in [0.15, 0.2) is 6.29 Å². The Morgan fingerprint density at radius 2 is 1.85 bits per heavy atom. The number of methoxy groups -OCH3 is 1. The number of ether oxygens (including phenoxy) is 4. The molecule has 5 N–H and O–H groups in total. The number of rotatable bonds is 5. The second-order valence-corrected chi connectivity index (χ2v) is 6.36. The molecule has 0 aromatic rings. The van der Waals surface area contributed by atoms with Crippen LogP contribution in [0.15, 0.2) is 35.1 Å². The maximum absolute atomic E-state index is 11.9. The zero-order valence-electron chi connectivity index (χ0n) is 14.5. The molecule has 0 radical (unpaired) electrons. The molecule has 2 heterocycles. The highest BCUT2D eigenvalue weighted by molar-refractivity contribution is 5.94. The lowest BCUT2D eigenvalue weighted by Gasteiger charge is -2.42. The average Bonchev–Trinajstić information content (AvgIpc) is 3.12. The Hall–Kier alpha value is -1.79. The molecule has 3 rings (SSSR count). The first-order valence-corrected chi connectivity index (χ1v) is 8.34. The summed E-state index contributed by atoms with van der Waals surface area (Å²) in [6.07, 6.45) is -3.96. The van der Waals surface area contributed by atoms with Gasteiger partial charge in [-0.2, -0.15) is 0 Å². The molecule has 1 aliphatic carbocycles. The molecule has 3 aliphatic rings. The molecule has 1 saturated heterocycles. The third-order valence-corrected chi connectivity index (χ3v) is 4.82. The van der Waals surface area contributed by atoms with Crippen molar-refractivity contribution in [3.8, 4) is 0 Å². The molecule has 7 atom stereocenters. The fraction of sp³-hybridized carbons (Fsp3) is 0.588. The minimum absolute atomic E-state index is 0.163. The Labute approximate surface area is 154 Å². The van der Waals surface area contributed by atoms with E-state index in [9.17, 15) is 30.3 Å². The van der Waals surface area contributed by atoms with Crippen LogP contribution < -0.4 is 0 Å². The van der Waals surface area contributed by atoms with Gasteiger partial charge in [-0.05, 0) is 11.1 Å². The monoisotopic (exact) mass is 386 g/mol. The van der Waals surface area contributed by atoms with Gasteiger partial charge in [0, 0.05) is 0 Å². The quantitative estimate of drug-likeness (QED) is 0.326. The number of carbonyl (C=O) groups is 1. The Balaban J connectivity index is 1.82. The fourth-order valence-electron chi connectivity index (χ4n) is 3.31. The summed E-state index contributed by atoms with van der Waals surface area (Å²) in [5.74, 6) is -1.29. The third-order valence-electron chi connectivity index (χ3n) is 4.82. The molecule has 0 aromatic heterocycles. The maximum Gasteiger partial charge on any atom is 0.341 e. The van der Waals surface area contributed by atoms with Gasteiger partial charge in [-0.25, -0.2) is 4.79 Å². The summed E-state index contributed by atoms with van der Waals surface area (Å²) in [6, 6.07) is 0. The van der Waals surface area contributed by atoms with Crippen LogP contribution in [0.3, 0.4) is 0 Å². The summed E-state index contributed by atoms with van der Waals surface area (Å²) < 4.78 is 21.1. The first kappa shape index (κ1) is 20.0. The van der Waals surface area contributed by atoms with Gasteiger partial charge in [0.2, 0.25) is 6.29 Å². The highest BCUT2D eigenvalue weighted by atomic mass is 16.8. The van der Waals surface area contributed by atoms with E-state index in [0.29, 0.717) is 11.1 Å². The van der Waals surface area contributed by atoms with E-state index in [-0.39, 0.29) is 12.2 Å². The van der Waals surface area contributed by atoms with Crippen LogP contribution in [0.2, 0.25) is 0 Å². The second-order valence-electron chi connectivity index (χ2n) is 6.36. The zero-order chi connectivity index (χ0) is 19.7. The fourth-order valence-corrected chi connectivity index (χ4v) is 3.31. The first-order valence-electron chi connectivity index (χ1n) is 8.34. The van der Waals surface area contributed by atoms with Crippen LogP contribution in [0.1, 0.15) is 0 Å². The van der Waals surface area contributed by atoms with Gasteiger partial charge in [-0.3, -0.25) is 0 Å². The largest absolute Gasteiger partial charge is 0.471 e. The Morgan fingerprint density at radius 3 is 2.48 bits per heavy atom. The number of esters is 1. The molecule has 2 aliphatic heterocycles. The number of hydrogen-bond acceptors (Lipinski definition) is 10. The van der Waals surface area contributed by atoms with E-state index < -0.39 is 55.5 Å². The zero-order valence-corrected chi connectivity index (χ0v) is 14.5. The Kier molecular flexibility index (Phi) is 5.96. The molecule has 0 bridgehead atoms. The van der Waals surface area contributed by atoms with Crippen molar-refractivity contribution in [1.29, 1.82) is 0 Å². The highest BCUT2D eigenvalue weighted by Gasteiger charge is 2.48. The number of allylic oxidation sites excluding steroid dienone is 2. The summed E-state index contributed by atoms with van der Waals surface area (Å²) in [4.78, 5) is 11.9. The van der Waals surface area contributed by atoms with E-state index >= 15 is 0 Å². The summed E-state index contributed by atoms with van der Waals surface area (Å²) in [7, 11) is 1.23. The molecule has 1 fully saturated rings. The van der Waals surface area contributed by atoms with Gasteiger partial charge in [0.05, 0.1) is 31.8 Å². The van der Waals surface area contributed by atoms with E-state index in [1.54, 1.807) is 12.2 Å². The summed E-state index contributed by atoms with van der Waals surface area (Å²) in [6.45, 7) is -0.921. The molecule has 0 amide bonds. The number of hydrogen-bond donors (Lipinski definition) is 5. The van der Waals surface area contributed by atoms with Crippen molar-refractivity contribution in [3.05, 3.63) is 35.1 Å². The van der Waals surface area contributed by atoms with Crippen molar-refractivity contribution in [3.63, 3.8) is 0 Å². The molecule has 27 heavy (non-hydrogen) atoms. The van der Waals surface area contributed by atoms with Crippen LogP contribution in [0.25, 0.3) is 0 Å². The number of carbonyl (C=O) groups excluding carboxylic acids is 1. The Morgan fingerprint density at radius 1 is 1.11 bits per heavy atom. The standard InChI is InChI=1S/C17H22O10/c1-24-15(23)9-6-25-16(11-7(4-18)2-3-8(9)11)27-17-14(22)13(21)12(20)10(5-19)26-17/h2-3,6,10-14,16-22H,4-5H2,1H3/t10-,11?,12-,13+,14-,16?,17+/m1/s1. The molecule has 0 saturated carbocycles. The van der Waals surface area contributed by atoms with Gasteiger partial charge in [-0.15, -0.1) is 0 Å². The van der Waals surface area contributed by atoms with E-state index in [2.05, 4.69) is 0 Å². The van der Waals surface area contributed by atoms with Crippen molar-refractivity contribution >= 4 is 5.97 Å². The van der Waals surface area contributed by atoms with Crippen molar-refractivity contribution in [2.24, 2.45) is 5.92 Å². The smallest absolute Gasteiger partial charge is 0.341 e. The second kappa shape index (κ2) is 8.07. The van der Waals surface area contributed by atoms with Gasteiger partial charge in [-0.1, -0.05) is 12.2 Å². The minimum atomic E-state index is -1.60. The molecule has 0 aromatic carbocycles. The third kappa shape index (κ3) is 3.52. The summed E-state index contributed by atoms with van der Waals surface area (Å²) in [5, 5.41) is 48.7. The van der Waals surface area contributed by atoms with Gasteiger partial charge >= 0.3 is 5.97 Å². The molecule has 2 unspecified atom stereocenters. The van der Waals surface area contributed by atoms with E-state index in [4.69, 9.17) is 18.9 Å². The summed E-state index contributed by atoms with van der Waals surface area (Å²) in [5.41, 5.74) is 1.18. The average molecular weight is 386 g/mol. The lowest BCUT2D eigenvalue weighted by molar-refractivity contribution is -0.336. The van der Waals surface area contributed by atoms with Crippen LogP contribution in [-0.2, 0) is 23.7 Å². The normalized spacial score (nSPS) is 38.3. The van der Waals surface area contributed by atoms with E-state index in [1.165, 1.54) is 7.11 Å². The number of aliphatic hydroxyl groups excluding tert-OH is 5. The molecule has 10 heteroatoms. The van der Waals surface area contributed by atoms with Crippen LogP contribution in [0.4, 0.5) is 0 Å². The van der Waals surface area contributed by atoms with Crippen molar-refractivity contribution in [1.82, 2.24) is 0 Å². The van der Waals surface area contributed by atoms with E-state index in [0.717, 1.165) is 6.26 Å². The van der Waals surface area contributed by atoms with Crippen LogP contribution in [0.5, 0.6) is 0 Å². The van der Waals surface area contributed by atoms with Gasteiger partial charge < -0.3 is 44.5 Å². The maximum atomic E-state index is 11.9. The molecular formula is C17H22O10. The van der Waals surface area contributed by atoms with Crippen molar-refractivity contribution < 1.29 is 49.3 Å². The topological polar surface area (TPSA) is 155 Å². The van der Waals surface area contributed by atoms with Gasteiger partial charge in [0.25, 0.3) is 0 Å². The predicted octanol–water partition coefficient (Wildman–Crippen LogP) is -2.31. The van der Waals surface area contributed by atoms with Gasteiger partial charge in [0.1, 0.15) is 30.7 Å².